The molecule has 0 aromatic heterocycles. The summed E-state index contributed by atoms with van der Waals surface area (Å²) in [5, 5.41) is 0. The first-order chi connectivity index (χ1) is 8.58. The van der Waals surface area contributed by atoms with Crippen LogP contribution in [0, 0.1) is 12.8 Å². The van der Waals surface area contributed by atoms with Crippen molar-refractivity contribution < 1.29 is 9.59 Å². The topological polar surface area (TPSA) is 37.4 Å². The van der Waals surface area contributed by atoms with Crippen molar-refractivity contribution in [2.24, 2.45) is 5.92 Å². The molecule has 1 aromatic carbocycles. The van der Waals surface area contributed by atoms with Gasteiger partial charge in [-0.15, -0.1) is 0 Å². The molecule has 1 atom stereocenters. The Morgan fingerprint density at radius 2 is 2.22 bits per heavy atom. The Bertz CT molecular complexity index is 467. The molecule has 96 valence electrons. The Morgan fingerprint density at radius 3 is 2.94 bits per heavy atom. The minimum atomic E-state index is 0.0288. The fourth-order valence-electron chi connectivity index (χ4n) is 2.37. The van der Waals surface area contributed by atoms with Crippen molar-refractivity contribution in [2.75, 3.05) is 13.1 Å². The van der Waals surface area contributed by atoms with Crippen LogP contribution in [0.25, 0.3) is 0 Å². The summed E-state index contributed by atoms with van der Waals surface area (Å²) in [5.41, 5.74) is 1.76. The molecule has 1 aliphatic heterocycles. The van der Waals surface area contributed by atoms with Gasteiger partial charge in [0.05, 0.1) is 6.54 Å². The number of amides is 1. The van der Waals surface area contributed by atoms with Crippen molar-refractivity contribution in [3.63, 3.8) is 0 Å². The molecule has 18 heavy (non-hydrogen) atoms. The number of aryl methyl sites for hydroxylation is 1. The first-order valence-electron chi connectivity index (χ1n) is 6.46. The van der Waals surface area contributed by atoms with Crippen LogP contribution in [0.5, 0.6) is 0 Å². The molecule has 1 aromatic rings. The monoisotopic (exact) mass is 245 g/mol. The van der Waals surface area contributed by atoms with E-state index in [1.807, 2.05) is 38.1 Å². The third-order valence-electron chi connectivity index (χ3n) is 3.47. The molecule has 0 bridgehead atoms. The van der Waals surface area contributed by atoms with E-state index in [-0.39, 0.29) is 24.2 Å². The average molecular weight is 245 g/mol. The van der Waals surface area contributed by atoms with E-state index in [1.54, 1.807) is 4.90 Å². The van der Waals surface area contributed by atoms with Crippen LogP contribution in [0.2, 0.25) is 0 Å². The molecular formula is C15H19NO2. The molecule has 3 nitrogen and oxygen atoms in total. The van der Waals surface area contributed by atoms with Crippen molar-refractivity contribution in [3.05, 3.63) is 35.4 Å². The first kappa shape index (κ1) is 12.8. The number of piperidine rings is 1. The molecule has 1 fully saturated rings. The summed E-state index contributed by atoms with van der Waals surface area (Å²) in [6.45, 7) is 4.82. The number of benzene rings is 1. The standard InChI is InChI=1S/C15H19NO2/c1-11-5-3-7-13(9-11)14(17)10-16-8-4-6-12(2)15(16)18/h3,5,7,9,12H,4,6,8,10H2,1-2H3. The zero-order chi connectivity index (χ0) is 13.1. The summed E-state index contributed by atoms with van der Waals surface area (Å²) in [6.07, 6.45) is 1.93. The van der Waals surface area contributed by atoms with Gasteiger partial charge in [-0.2, -0.15) is 0 Å². The number of rotatable bonds is 3. The molecule has 1 saturated heterocycles. The van der Waals surface area contributed by atoms with E-state index in [0.717, 1.165) is 18.4 Å². The number of ketones is 1. The van der Waals surface area contributed by atoms with Gasteiger partial charge in [0.1, 0.15) is 0 Å². The molecule has 1 unspecified atom stereocenters. The Labute approximate surface area is 108 Å². The summed E-state index contributed by atoms with van der Waals surface area (Å²) in [6, 6.07) is 7.53. The predicted molar refractivity (Wildman–Crippen MR) is 70.5 cm³/mol. The van der Waals surface area contributed by atoms with Crippen LogP contribution in [0.3, 0.4) is 0 Å². The van der Waals surface area contributed by atoms with E-state index in [9.17, 15) is 9.59 Å². The number of carbonyl (C=O) groups excluding carboxylic acids is 2. The maximum atomic E-state index is 12.1. The normalized spacial score (nSPS) is 20.0. The van der Waals surface area contributed by atoms with Gasteiger partial charge < -0.3 is 4.90 Å². The molecular weight excluding hydrogens is 226 g/mol. The summed E-state index contributed by atoms with van der Waals surface area (Å²) >= 11 is 0. The van der Waals surface area contributed by atoms with Gasteiger partial charge in [-0.1, -0.05) is 30.7 Å². The van der Waals surface area contributed by atoms with Crippen molar-refractivity contribution >= 4 is 11.7 Å². The Balaban J connectivity index is 2.05. The zero-order valence-corrected chi connectivity index (χ0v) is 11.0. The van der Waals surface area contributed by atoms with Crippen LogP contribution in [0.15, 0.2) is 24.3 Å². The largest absolute Gasteiger partial charge is 0.335 e. The van der Waals surface area contributed by atoms with Gasteiger partial charge in [-0.05, 0) is 25.8 Å². The third kappa shape index (κ3) is 2.78. The number of hydrogen-bond donors (Lipinski definition) is 0. The SMILES string of the molecule is Cc1cccc(C(=O)CN2CCCC(C)C2=O)c1. The lowest BCUT2D eigenvalue weighted by molar-refractivity contribution is -0.137. The Morgan fingerprint density at radius 1 is 1.44 bits per heavy atom. The molecule has 0 saturated carbocycles. The summed E-state index contributed by atoms with van der Waals surface area (Å²) in [7, 11) is 0. The number of hydrogen-bond acceptors (Lipinski definition) is 2. The highest BCUT2D eigenvalue weighted by Gasteiger charge is 2.26. The van der Waals surface area contributed by atoms with Crippen molar-refractivity contribution in [1.29, 1.82) is 0 Å². The highest BCUT2D eigenvalue weighted by atomic mass is 16.2. The zero-order valence-electron chi connectivity index (χ0n) is 11.0. The van der Waals surface area contributed by atoms with Crippen LogP contribution in [0.4, 0.5) is 0 Å². The van der Waals surface area contributed by atoms with E-state index in [4.69, 9.17) is 0 Å². The van der Waals surface area contributed by atoms with Crippen LogP contribution >= 0.6 is 0 Å². The minimum Gasteiger partial charge on any atom is -0.335 e. The van der Waals surface area contributed by atoms with E-state index < -0.39 is 0 Å². The third-order valence-corrected chi connectivity index (χ3v) is 3.47. The second-order valence-corrected chi connectivity index (χ2v) is 5.10. The molecule has 0 aliphatic carbocycles. The molecule has 2 rings (SSSR count). The van der Waals surface area contributed by atoms with Crippen molar-refractivity contribution in [2.45, 2.75) is 26.7 Å². The lowest BCUT2D eigenvalue weighted by Gasteiger charge is -2.30. The summed E-state index contributed by atoms with van der Waals surface area (Å²) in [5.74, 6) is 0.201. The maximum absolute atomic E-state index is 12.1. The van der Waals surface area contributed by atoms with E-state index >= 15 is 0 Å². The Kier molecular flexibility index (Phi) is 3.80. The molecule has 0 spiro atoms. The highest BCUT2D eigenvalue weighted by Crippen LogP contribution is 2.17. The second-order valence-electron chi connectivity index (χ2n) is 5.10. The summed E-state index contributed by atoms with van der Waals surface area (Å²) < 4.78 is 0. The van der Waals surface area contributed by atoms with Gasteiger partial charge in [0.2, 0.25) is 5.91 Å². The highest BCUT2D eigenvalue weighted by molar-refractivity contribution is 5.99. The molecule has 0 radical (unpaired) electrons. The molecule has 0 N–H and O–H groups in total. The van der Waals surface area contributed by atoms with Gasteiger partial charge in [-0.3, -0.25) is 9.59 Å². The van der Waals surface area contributed by atoms with Gasteiger partial charge in [-0.25, -0.2) is 0 Å². The number of nitrogens with zero attached hydrogens (tertiary/aromatic N) is 1. The maximum Gasteiger partial charge on any atom is 0.225 e. The van der Waals surface area contributed by atoms with Crippen LogP contribution in [-0.2, 0) is 4.79 Å². The van der Waals surface area contributed by atoms with E-state index in [2.05, 4.69) is 0 Å². The lowest BCUT2D eigenvalue weighted by atomic mass is 9.98. The first-order valence-corrected chi connectivity index (χ1v) is 6.46. The fourth-order valence-corrected chi connectivity index (χ4v) is 2.37. The molecule has 3 heteroatoms. The number of likely N-dealkylation sites (tertiary alicyclic amines) is 1. The van der Waals surface area contributed by atoms with Crippen LogP contribution in [-0.4, -0.2) is 29.7 Å². The van der Waals surface area contributed by atoms with Gasteiger partial charge >= 0.3 is 0 Å². The van der Waals surface area contributed by atoms with Gasteiger partial charge in [0.25, 0.3) is 0 Å². The van der Waals surface area contributed by atoms with Crippen LogP contribution < -0.4 is 0 Å². The average Bonchev–Trinajstić information content (AvgIpc) is 2.35. The smallest absolute Gasteiger partial charge is 0.225 e. The lowest BCUT2D eigenvalue weighted by Crippen LogP contribution is -2.43. The van der Waals surface area contributed by atoms with Gasteiger partial charge in [0, 0.05) is 18.0 Å². The van der Waals surface area contributed by atoms with Crippen molar-refractivity contribution in [1.82, 2.24) is 4.90 Å². The molecule has 1 heterocycles. The van der Waals surface area contributed by atoms with Crippen LogP contribution in [0.1, 0.15) is 35.7 Å². The quantitative estimate of drug-likeness (QED) is 0.767. The molecule has 1 aliphatic rings. The van der Waals surface area contributed by atoms with Gasteiger partial charge in [0.15, 0.2) is 5.78 Å². The van der Waals surface area contributed by atoms with Crippen molar-refractivity contribution in [3.8, 4) is 0 Å². The predicted octanol–water partition coefficient (Wildman–Crippen LogP) is 2.44. The fraction of sp³-hybridized carbons (Fsp3) is 0.467. The number of carbonyl (C=O) groups is 2. The van der Waals surface area contributed by atoms with E-state index in [1.165, 1.54) is 0 Å². The number of Topliss-reactive ketones (excluding diaryl/α,β-unsaturated/α-hetero) is 1. The second kappa shape index (κ2) is 5.34. The minimum absolute atomic E-state index is 0.0288. The summed E-state index contributed by atoms with van der Waals surface area (Å²) in [4.78, 5) is 25.7. The van der Waals surface area contributed by atoms with E-state index in [0.29, 0.717) is 12.1 Å². The Hall–Kier alpha value is -1.64. The molecule has 1 amide bonds.